The van der Waals surface area contributed by atoms with Gasteiger partial charge in [0.15, 0.2) is 4.80 Å². The number of esters is 1. The van der Waals surface area contributed by atoms with Gasteiger partial charge in [0.25, 0.3) is 11.5 Å². The van der Waals surface area contributed by atoms with Crippen LogP contribution in [0.4, 0.5) is 5.69 Å². The lowest BCUT2D eigenvalue weighted by atomic mass is 9.95. The maximum absolute atomic E-state index is 14.1. The van der Waals surface area contributed by atoms with Gasteiger partial charge in [0, 0.05) is 22.9 Å². The zero-order valence-corrected chi connectivity index (χ0v) is 21.8. The number of carbonyl (C=O) groups excluding carboxylic acids is 2. The number of methoxy groups -OCH3 is 2. The number of anilines is 1. The summed E-state index contributed by atoms with van der Waals surface area (Å²) in [6, 6.07) is 9.89. The number of hydrogen-bond donors (Lipinski definition) is 1. The zero-order chi connectivity index (χ0) is 26.4. The van der Waals surface area contributed by atoms with E-state index in [0.29, 0.717) is 44.4 Å². The largest absolute Gasteiger partial charge is 0.497 e. The van der Waals surface area contributed by atoms with Crippen molar-refractivity contribution in [2.75, 3.05) is 26.1 Å². The van der Waals surface area contributed by atoms with Gasteiger partial charge in [-0.25, -0.2) is 9.79 Å². The number of nitrogens with one attached hydrogen (secondary N) is 1. The number of fused-ring (bicyclic) bond motifs is 2. The summed E-state index contributed by atoms with van der Waals surface area (Å²) in [7, 11) is 3.05. The standard InChI is InChI=1S/C27H25N3O6S/c1-6-36-26(33)20-14(3)28-27-30(22(20)16-9-8-15(34-4)12-19(16)35-5)25(32)23(37-27)21-17-11-13(2)7-10-18(17)29-24(21)31/h7-12,22H,6H2,1-5H3,(H,29,31)/b23-21-/t22-/m1/s1. The average molecular weight is 520 g/mol. The van der Waals surface area contributed by atoms with Crippen LogP contribution >= 0.6 is 11.3 Å². The molecule has 0 unspecified atom stereocenters. The summed E-state index contributed by atoms with van der Waals surface area (Å²) < 4.78 is 18.0. The zero-order valence-electron chi connectivity index (χ0n) is 21.0. The first kappa shape index (κ1) is 24.5. The number of hydrogen-bond acceptors (Lipinski definition) is 8. The molecule has 0 bridgehead atoms. The van der Waals surface area contributed by atoms with E-state index in [2.05, 4.69) is 10.3 Å². The molecule has 37 heavy (non-hydrogen) atoms. The molecule has 1 atom stereocenters. The molecule has 5 rings (SSSR count). The third-order valence-corrected chi connectivity index (χ3v) is 7.43. The molecule has 10 heteroatoms. The van der Waals surface area contributed by atoms with Crippen LogP contribution in [0.25, 0.3) is 5.57 Å². The minimum atomic E-state index is -0.882. The lowest BCUT2D eigenvalue weighted by Crippen LogP contribution is -2.40. The minimum Gasteiger partial charge on any atom is -0.497 e. The Morgan fingerprint density at radius 3 is 2.59 bits per heavy atom. The fourth-order valence-electron chi connectivity index (χ4n) is 4.69. The van der Waals surface area contributed by atoms with E-state index in [1.54, 1.807) is 39.2 Å². The van der Waals surface area contributed by atoms with Crippen LogP contribution in [-0.4, -0.2) is 37.3 Å². The van der Waals surface area contributed by atoms with Crippen molar-refractivity contribution in [3.63, 3.8) is 0 Å². The summed E-state index contributed by atoms with van der Waals surface area (Å²) in [6.07, 6.45) is 0. The van der Waals surface area contributed by atoms with Crippen molar-refractivity contribution in [3.05, 3.63) is 84.0 Å². The van der Waals surface area contributed by atoms with Crippen LogP contribution in [0, 0.1) is 6.92 Å². The Bertz CT molecular complexity index is 1680. The van der Waals surface area contributed by atoms with Gasteiger partial charge in [0.2, 0.25) is 0 Å². The molecule has 3 heterocycles. The summed E-state index contributed by atoms with van der Waals surface area (Å²) in [5.74, 6) is 0.0526. The summed E-state index contributed by atoms with van der Waals surface area (Å²) in [5.41, 5.74) is 3.34. The monoisotopic (exact) mass is 519 g/mol. The average Bonchev–Trinajstić information content (AvgIpc) is 3.37. The molecule has 0 fully saturated rings. The van der Waals surface area contributed by atoms with E-state index in [0.717, 1.165) is 16.9 Å². The smallest absolute Gasteiger partial charge is 0.338 e. The van der Waals surface area contributed by atoms with Crippen molar-refractivity contribution in [1.82, 2.24) is 4.57 Å². The molecule has 1 aromatic heterocycles. The second-order valence-electron chi connectivity index (χ2n) is 8.61. The second kappa shape index (κ2) is 9.36. The number of benzene rings is 2. The molecule has 2 aliphatic rings. The van der Waals surface area contributed by atoms with Crippen LogP contribution in [-0.2, 0) is 14.3 Å². The summed E-state index contributed by atoms with van der Waals surface area (Å²) >= 11 is 1.12. The number of aryl methyl sites for hydroxylation is 1. The molecule has 9 nitrogen and oxygen atoms in total. The van der Waals surface area contributed by atoms with E-state index in [1.165, 1.54) is 11.7 Å². The predicted octanol–water partition coefficient (Wildman–Crippen LogP) is 2.45. The Morgan fingerprint density at radius 1 is 1.11 bits per heavy atom. The van der Waals surface area contributed by atoms with Gasteiger partial charge in [-0.1, -0.05) is 23.0 Å². The Labute approximate surface area is 216 Å². The number of allylic oxidation sites excluding steroid dienone is 1. The third kappa shape index (κ3) is 3.93. The maximum atomic E-state index is 14.1. The second-order valence-corrected chi connectivity index (χ2v) is 9.59. The Hall–Kier alpha value is -4.18. The van der Waals surface area contributed by atoms with Crippen molar-refractivity contribution in [2.45, 2.75) is 26.8 Å². The van der Waals surface area contributed by atoms with E-state index in [-0.39, 0.29) is 22.6 Å². The fraction of sp³-hybridized carbons (Fsp3) is 0.259. The number of rotatable bonds is 5. The van der Waals surface area contributed by atoms with Gasteiger partial charge in [0.05, 0.1) is 37.7 Å². The molecule has 0 radical (unpaired) electrons. The van der Waals surface area contributed by atoms with Crippen molar-refractivity contribution in [2.24, 2.45) is 4.99 Å². The molecule has 0 spiro atoms. The van der Waals surface area contributed by atoms with Crippen molar-refractivity contribution >= 4 is 34.5 Å². The Kier molecular flexibility index (Phi) is 6.20. The van der Waals surface area contributed by atoms with E-state index in [9.17, 15) is 14.4 Å². The third-order valence-electron chi connectivity index (χ3n) is 6.37. The highest BCUT2D eigenvalue weighted by Gasteiger charge is 2.36. The highest BCUT2D eigenvalue weighted by atomic mass is 32.1. The van der Waals surface area contributed by atoms with E-state index in [1.807, 2.05) is 25.1 Å². The van der Waals surface area contributed by atoms with Gasteiger partial charge in [0.1, 0.15) is 22.1 Å². The van der Waals surface area contributed by atoms with Crippen molar-refractivity contribution < 1.29 is 23.8 Å². The van der Waals surface area contributed by atoms with Crippen LogP contribution < -0.4 is 29.7 Å². The molecular weight excluding hydrogens is 494 g/mol. The molecular formula is C27H25N3O6S. The quantitative estimate of drug-likeness (QED) is 0.519. The van der Waals surface area contributed by atoms with Crippen LogP contribution in [0.15, 0.2) is 57.5 Å². The van der Waals surface area contributed by atoms with E-state index in [4.69, 9.17) is 14.2 Å². The number of thiazole rings is 1. The Balaban J connectivity index is 1.84. The first-order chi connectivity index (χ1) is 17.8. The highest BCUT2D eigenvalue weighted by Crippen LogP contribution is 2.38. The molecule has 0 saturated heterocycles. The molecule has 0 aliphatic carbocycles. The number of carbonyl (C=O) groups is 2. The van der Waals surface area contributed by atoms with Crippen molar-refractivity contribution in [1.29, 1.82) is 0 Å². The van der Waals surface area contributed by atoms with E-state index < -0.39 is 17.6 Å². The molecule has 1 N–H and O–H groups in total. The van der Waals surface area contributed by atoms with Crippen LogP contribution in [0.1, 0.15) is 36.6 Å². The van der Waals surface area contributed by atoms with Crippen LogP contribution in [0.2, 0.25) is 0 Å². The number of nitrogens with zero attached hydrogens (tertiary/aromatic N) is 2. The predicted molar refractivity (Wildman–Crippen MR) is 139 cm³/mol. The van der Waals surface area contributed by atoms with Gasteiger partial charge in [-0.2, -0.15) is 0 Å². The topological polar surface area (TPSA) is 108 Å². The minimum absolute atomic E-state index is 0.160. The summed E-state index contributed by atoms with van der Waals surface area (Å²) in [5, 5.41) is 2.84. The molecule has 190 valence electrons. The normalized spacial score (nSPS) is 17.5. The summed E-state index contributed by atoms with van der Waals surface area (Å²) in [6.45, 7) is 5.50. The van der Waals surface area contributed by atoms with E-state index >= 15 is 0 Å². The first-order valence-corrected chi connectivity index (χ1v) is 12.5. The highest BCUT2D eigenvalue weighted by molar-refractivity contribution is 7.07. The van der Waals surface area contributed by atoms with Gasteiger partial charge < -0.3 is 19.5 Å². The number of aromatic nitrogens is 1. The van der Waals surface area contributed by atoms with Gasteiger partial charge in [-0.15, -0.1) is 0 Å². The first-order valence-electron chi connectivity index (χ1n) is 11.7. The molecule has 2 aromatic carbocycles. The lowest BCUT2D eigenvalue weighted by molar-refractivity contribution is -0.139. The molecule has 0 saturated carbocycles. The van der Waals surface area contributed by atoms with Gasteiger partial charge in [-0.05, 0) is 45.0 Å². The van der Waals surface area contributed by atoms with Gasteiger partial charge in [-0.3, -0.25) is 14.2 Å². The molecule has 2 aliphatic heterocycles. The van der Waals surface area contributed by atoms with Gasteiger partial charge >= 0.3 is 5.97 Å². The Morgan fingerprint density at radius 2 is 1.89 bits per heavy atom. The lowest BCUT2D eigenvalue weighted by Gasteiger charge is -2.26. The molecule has 1 amide bonds. The van der Waals surface area contributed by atoms with Crippen LogP contribution in [0.3, 0.4) is 0 Å². The number of ether oxygens (including phenoxy) is 3. The SMILES string of the molecule is CCOC(=O)C1=C(C)N=c2s/c(=C3\C(=O)Nc4ccc(C)cc43)c(=O)n2[C@@H]1c1ccc(OC)cc1OC. The number of amides is 1. The fourth-order valence-corrected chi connectivity index (χ4v) is 5.83. The van der Waals surface area contributed by atoms with Crippen molar-refractivity contribution in [3.8, 4) is 11.5 Å². The molecule has 3 aromatic rings. The maximum Gasteiger partial charge on any atom is 0.338 e. The summed E-state index contributed by atoms with van der Waals surface area (Å²) in [4.78, 5) is 45.2. The van der Waals surface area contributed by atoms with Crippen LogP contribution in [0.5, 0.6) is 11.5 Å².